The topological polar surface area (TPSA) is 70.7 Å². The molecule has 2 heterocycles. The number of hydrogen-bond acceptors (Lipinski definition) is 5. The number of rotatable bonds is 3. The second kappa shape index (κ2) is 7.70. The zero-order chi connectivity index (χ0) is 16.1. The summed E-state index contributed by atoms with van der Waals surface area (Å²) < 4.78 is 5.23. The molecule has 1 atom stereocenters. The number of nitrogens with one attached hydrogen (secondary N) is 2. The van der Waals surface area contributed by atoms with Gasteiger partial charge < -0.3 is 15.0 Å². The highest BCUT2D eigenvalue weighted by Gasteiger charge is 2.30. The zero-order valence-electron chi connectivity index (χ0n) is 12.9. The lowest BCUT2D eigenvalue weighted by Crippen LogP contribution is -2.51. The Labute approximate surface area is 139 Å². The summed E-state index contributed by atoms with van der Waals surface area (Å²) in [7, 11) is 0. The van der Waals surface area contributed by atoms with Crippen LogP contribution in [0.1, 0.15) is 12.8 Å². The summed E-state index contributed by atoms with van der Waals surface area (Å²) in [6.45, 7) is 1.36. The van der Waals surface area contributed by atoms with Gasteiger partial charge in [0.2, 0.25) is 5.91 Å². The maximum absolute atomic E-state index is 12.3. The molecule has 0 aromatic heterocycles. The second-order valence-electron chi connectivity index (χ2n) is 5.72. The molecule has 0 saturated carbocycles. The van der Waals surface area contributed by atoms with E-state index in [2.05, 4.69) is 10.6 Å². The van der Waals surface area contributed by atoms with Gasteiger partial charge in [0.25, 0.3) is 0 Å². The van der Waals surface area contributed by atoms with Gasteiger partial charge in [0.1, 0.15) is 5.75 Å². The molecule has 0 spiro atoms. The van der Waals surface area contributed by atoms with Crippen LogP contribution in [0.5, 0.6) is 5.75 Å². The fraction of sp³-hybridized carbons (Fsp3) is 0.500. The highest BCUT2D eigenvalue weighted by molar-refractivity contribution is 7.99. The number of ether oxygens (including phenoxy) is 1. The largest absolute Gasteiger partial charge is 0.412 e. The fourth-order valence-electron chi connectivity index (χ4n) is 2.81. The molecule has 23 heavy (non-hydrogen) atoms. The fourth-order valence-corrected chi connectivity index (χ4v) is 3.74. The summed E-state index contributed by atoms with van der Waals surface area (Å²) in [6, 6.07) is 9.01. The predicted molar refractivity (Wildman–Crippen MR) is 89.5 cm³/mol. The van der Waals surface area contributed by atoms with Crippen LogP contribution in [0.2, 0.25) is 0 Å². The second-order valence-corrected chi connectivity index (χ2v) is 6.75. The maximum atomic E-state index is 12.3. The van der Waals surface area contributed by atoms with Crippen molar-refractivity contribution in [2.24, 2.45) is 0 Å². The minimum Gasteiger partial charge on any atom is -0.410 e. The minimum atomic E-state index is -0.435. The third kappa shape index (κ3) is 4.39. The van der Waals surface area contributed by atoms with Crippen molar-refractivity contribution in [3.05, 3.63) is 30.3 Å². The molecule has 0 aliphatic carbocycles. The predicted octanol–water partition coefficient (Wildman–Crippen LogP) is 1.43. The van der Waals surface area contributed by atoms with Crippen LogP contribution in [0.25, 0.3) is 0 Å². The number of carbonyl (C=O) groups excluding carboxylic acids is 2. The Bertz CT molecular complexity index is 541. The van der Waals surface area contributed by atoms with Crippen molar-refractivity contribution >= 4 is 23.8 Å². The van der Waals surface area contributed by atoms with Crippen molar-refractivity contribution in [3.63, 3.8) is 0 Å². The summed E-state index contributed by atoms with van der Waals surface area (Å²) >= 11 is 1.75. The average molecular weight is 335 g/mol. The summed E-state index contributed by atoms with van der Waals surface area (Å²) in [6.07, 6.45) is 1.08. The zero-order valence-corrected chi connectivity index (χ0v) is 13.7. The van der Waals surface area contributed by atoms with Crippen molar-refractivity contribution in [2.45, 2.75) is 24.9 Å². The van der Waals surface area contributed by atoms with E-state index in [9.17, 15) is 9.59 Å². The third-order valence-electron chi connectivity index (χ3n) is 4.10. The lowest BCUT2D eigenvalue weighted by atomic mass is 10.0. The van der Waals surface area contributed by atoms with Crippen LogP contribution in [-0.4, -0.2) is 53.7 Å². The molecule has 1 unspecified atom stereocenters. The van der Waals surface area contributed by atoms with Gasteiger partial charge in [-0.15, -0.1) is 11.8 Å². The summed E-state index contributed by atoms with van der Waals surface area (Å²) in [5, 5.41) is 6.08. The van der Waals surface area contributed by atoms with Crippen LogP contribution < -0.4 is 15.4 Å². The summed E-state index contributed by atoms with van der Waals surface area (Å²) in [4.78, 5) is 26.1. The molecule has 124 valence electrons. The lowest BCUT2D eigenvalue weighted by molar-refractivity contribution is -0.133. The Morgan fingerprint density at radius 2 is 1.96 bits per heavy atom. The van der Waals surface area contributed by atoms with E-state index in [0.717, 1.165) is 24.5 Å². The van der Waals surface area contributed by atoms with Gasteiger partial charge in [0.15, 0.2) is 0 Å². The number of piperidine rings is 1. The Morgan fingerprint density at radius 1 is 1.22 bits per heavy atom. The first-order valence-electron chi connectivity index (χ1n) is 7.85. The van der Waals surface area contributed by atoms with E-state index in [1.54, 1.807) is 23.9 Å². The molecule has 2 saturated heterocycles. The number of likely N-dealkylation sites (tertiary alicyclic amines) is 1. The molecule has 2 fully saturated rings. The van der Waals surface area contributed by atoms with Crippen LogP contribution in [0, 0.1) is 0 Å². The Balaban J connectivity index is 1.42. The highest BCUT2D eigenvalue weighted by atomic mass is 32.2. The van der Waals surface area contributed by atoms with E-state index < -0.39 is 6.09 Å². The molecule has 2 N–H and O–H groups in total. The Morgan fingerprint density at radius 3 is 2.61 bits per heavy atom. The number of nitrogens with zero attached hydrogens (tertiary/aromatic N) is 1. The monoisotopic (exact) mass is 335 g/mol. The molecule has 7 heteroatoms. The van der Waals surface area contributed by atoms with Crippen molar-refractivity contribution < 1.29 is 14.3 Å². The third-order valence-corrected chi connectivity index (χ3v) is 5.04. The van der Waals surface area contributed by atoms with Crippen molar-refractivity contribution in [3.8, 4) is 5.75 Å². The lowest BCUT2D eigenvalue weighted by Gasteiger charge is -2.33. The molecular formula is C16H21N3O3S. The van der Waals surface area contributed by atoms with Crippen LogP contribution in [-0.2, 0) is 4.79 Å². The smallest absolute Gasteiger partial charge is 0.410 e. The first-order valence-corrected chi connectivity index (χ1v) is 9.01. The number of para-hydroxylation sites is 1. The average Bonchev–Trinajstić information content (AvgIpc) is 3.10. The van der Waals surface area contributed by atoms with Crippen LogP contribution in [0.3, 0.4) is 0 Å². The van der Waals surface area contributed by atoms with E-state index in [-0.39, 0.29) is 18.0 Å². The van der Waals surface area contributed by atoms with Crippen molar-refractivity contribution in [1.82, 2.24) is 15.5 Å². The van der Waals surface area contributed by atoms with Crippen molar-refractivity contribution in [1.29, 1.82) is 0 Å². The number of carbonyl (C=O) groups is 2. The van der Waals surface area contributed by atoms with Gasteiger partial charge in [0, 0.05) is 30.8 Å². The minimum absolute atomic E-state index is 0.0486. The van der Waals surface area contributed by atoms with E-state index in [1.807, 2.05) is 23.1 Å². The van der Waals surface area contributed by atoms with E-state index in [1.165, 1.54) is 0 Å². The number of thioether (sulfide) groups is 1. The van der Waals surface area contributed by atoms with Crippen LogP contribution in [0.15, 0.2) is 30.3 Å². The molecule has 2 aliphatic heterocycles. The first kappa shape index (κ1) is 16.1. The summed E-state index contributed by atoms with van der Waals surface area (Å²) in [5.74, 6) is 2.41. The van der Waals surface area contributed by atoms with Gasteiger partial charge in [-0.2, -0.15) is 0 Å². The van der Waals surface area contributed by atoms with Crippen LogP contribution in [0.4, 0.5) is 4.79 Å². The van der Waals surface area contributed by atoms with Gasteiger partial charge in [-0.1, -0.05) is 18.2 Å². The molecular weight excluding hydrogens is 314 g/mol. The number of benzene rings is 1. The van der Waals surface area contributed by atoms with Crippen LogP contribution >= 0.6 is 11.8 Å². The number of hydrogen-bond donors (Lipinski definition) is 2. The Kier molecular flexibility index (Phi) is 5.40. The van der Waals surface area contributed by atoms with E-state index >= 15 is 0 Å². The highest BCUT2D eigenvalue weighted by Crippen LogP contribution is 2.16. The van der Waals surface area contributed by atoms with Gasteiger partial charge >= 0.3 is 6.09 Å². The van der Waals surface area contributed by atoms with Gasteiger partial charge in [-0.05, 0) is 25.0 Å². The van der Waals surface area contributed by atoms with Gasteiger partial charge in [0.05, 0.1) is 6.04 Å². The molecule has 3 rings (SSSR count). The maximum Gasteiger partial charge on any atom is 0.412 e. The van der Waals surface area contributed by atoms with Gasteiger partial charge in [-0.25, -0.2) is 4.79 Å². The molecule has 0 radical (unpaired) electrons. The van der Waals surface area contributed by atoms with E-state index in [0.29, 0.717) is 18.8 Å². The van der Waals surface area contributed by atoms with Gasteiger partial charge in [-0.3, -0.25) is 10.1 Å². The SMILES string of the molecule is O=C(NC1CCN(C(=O)C2CSCN2)CC1)Oc1ccccc1. The molecule has 6 nitrogen and oxygen atoms in total. The standard InChI is InChI=1S/C16H21N3O3S/c20-15(14-10-23-11-17-14)19-8-6-12(7-9-19)18-16(21)22-13-4-2-1-3-5-13/h1-5,12,14,17H,6-11H2,(H,18,21). The molecule has 2 aliphatic rings. The quantitative estimate of drug-likeness (QED) is 0.874. The first-order chi connectivity index (χ1) is 11.2. The van der Waals surface area contributed by atoms with E-state index in [4.69, 9.17) is 4.74 Å². The van der Waals surface area contributed by atoms with Crippen molar-refractivity contribution in [2.75, 3.05) is 24.7 Å². The normalized spacial score (nSPS) is 21.9. The molecule has 1 aromatic carbocycles. The summed E-state index contributed by atoms with van der Waals surface area (Å²) in [5.41, 5.74) is 0. The molecule has 1 aromatic rings. The molecule has 0 bridgehead atoms. The molecule has 2 amide bonds. The number of amides is 2. The Hall–Kier alpha value is -1.73.